The number of hydrogen-bond acceptors (Lipinski definition) is 2. The smallest absolute Gasteiger partial charge is 0.0118 e. The van der Waals surface area contributed by atoms with Crippen LogP contribution in [0.15, 0.2) is 0 Å². The summed E-state index contributed by atoms with van der Waals surface area (Å²) in [6, 6.07) is 0.721. The summed E-state index contributed by atoms with van der Waals surface area (Å²) >= 11 is 0. The van der Waals surface area contributed by atoms with Crippen molar-refractivity contribution in [1.82, 2.24) is 4.90 Å². The van der Waals surface area contributed by atoms with E-state index in [2.05, 4.69) is 32.6 Å². The van der Waals surface area contributed by atoms with Gasteiger partial charge in [0.2, 0.25) is 0 Å². The predicted molar refractivity (Wildman–Crippen MR) is 74.3 cm³/mol. The van der Waals surface area contributed by atoms with Crippen molar-refractivity contribution < 1.29 is 0 Å². The average molecular weight is 259 g/mol. The second-order valence-corrected chi connectivity index (χ2v) is 3.96. The van der Waals surface area contributed by atoms with Gasteiger partial charge < -0.3 is 10.6 Å². The van der Waals surface area contributed by atoms with Crippen molar-refractivity contribution in [3.8, 4) is 0 Å². The highest BCUT2D eigenvalue weighted by molar-refractivity contribution is 5.85. The highest BCUT2D eigenvalue weighted by atomic mass is 35.5. The highest BCUT2D eigenvalue weighted by Gasteiger charge is 2.18. The molecule has 0 heterocycles. The molecule has 0 aliphatic heterocycles. The van der Waals surface area contributed by atoms with Crippen LogP contribution in [0.1, 0.15) is 40.5 Å². The van der Waals surface area contributed by atoms with Crippen LogP contribution in [-0.4, -0.2) is 30.6 Å². The minimum Gasteiger partial charge on any atom is -0.330 e. The van der Waals surface area contributed by atoms with Crippen LogP contribution in [-0.2, 0) is 0 Å². The zero-order valence-electron chi connectivity index (χ0n) is 10.5. The first-order chi connectivity index (χ1) is 6.17. The van der Waals surface area contributed by atoms with Gasteiger partial charge in [-0.05, 0) is 38.4 Å². The first-order valence-electron chi connectivity index (χ1n) is 5.61. The summed E-state index contributed by atoms with van der Waals surface area (Å²) in [6.45, 7) is 12.2. The van der Waals surface area contributed by atoms with Gasteiger partial charge in [0.1, 0.15) is 0 Å². The van der Waals surface area contributed by atoms with Crippen molar-refractivity contribution in [2.75, 3.05) is 19.6 Å². The summed E-state index contributed by atoms with van der Waals surface area (Å²) in [6.07, 6.45) is 2.40. The van der Waals surface area contributed by atoms with E-state index in [1.165, 1.54) is 6.42 Å². The number of rotatable bonds is 7. The predicted octanol–water partition coefficient (Wildman–Crippen LogP) is 2.94. The molecular weight excluding hydrogens is 231 g/mol. The molecule has 96 valence electrons. The lowest BCUT2D eigenvalue weighted by molar-refractivity contribution is 0.159. The third kappa shape index (κ3) is 8.32. The van der Waals surface area contributed by atoms with Crippen molar-refractivity contribution in [1.29, 1.82) is 0 Å². The van der Waals surface area contributed by atoms with Crippen LogP contribution >= 0.6 is 24.8 Å². The maximum atomic E-state index is 5.54. The molecule has 0 amide bonds. The van der Waals surface area contributed by atoms with Crippen LogP contribution in [0.4, 0.5) is 0 Å². The lowest BCUT2D eigenvalue weighted by Crippen LogP contribution is -2.39. The van der Waals surface area contributed by atoms with E-state index in [0.29, 0.717) is 0 Å². The minimum atomic E-state index is 0. The fraction of sp³-hybridized carbons (Fsp3) is 1.00. The Hall–Kier alpha value is 0.500. The van der Waals surface area contributed by atoms with Crippen LogP contribution in [0.25, 0.3) is 0 Å². The van der Waals surface area contributed by atoms with Gasteiger partial charge in [-0.3, -0.25) is 0 Å². The minimum absolute atomic E-state index is 0. The molecule has 2 nitrogen and oxygen atoms in total. The Kier molecular flexibility index (Phi) is 17.5. The summed E-state index contributed by atoms with van der Waals surface area (Å²) in [7, 11) is 0. The van der Waals surface area contributed by atoms with E-state index in [0.717, 1.165) is 38.0 Å². The van der Waals surface area contributed by atoms with Crippen molar-refractivity contribution in [2.24, 2.45) is 11.7 Å². The van der Waals surface area contributed by atoms with Gasteiger partial charge in [0, 0.05) is 6.04 Å². The van der Waals surface area contributed by atoms with Gasteiger partial charge in [-0.2, -0.15) is 0 Å². The van der Waals surface area contributed by atoms with Crippen molar-refractivity contribution in [2.45, 2.75) is 46.6 Å². The molecule has 2 N–H and O–H groups in total. The Morgan fingerprint density at radius 2 is 1.53 bits per heavy atom. The Morgan fingerprint density at radius 1 is 1.07 bits per heavy atom. The lowest BCUT2D eigenvalue weighted by atomic mass is 9.97. The summed E-state index contributed by atoms with van der Waals surface area (Å²) in [5.41, 5.74) is 5.54. The highest BCUT2D eigenvalue weighted by Crippen LogP contribution is 2.15. The van der Waals surface area contributed by atoms with Gasteiger partial charge in [-0.15, -0.1) is 24.8 Å². The second-order valence-electron chi connectivity index (χ2n) is 3.96. The van der Waals surface area contributed by atoms with Crippen LogP contribution in [0, 0.1) is 5.92 Å². The van der Waals surface area contributed by atoms with E-state index >= 15 is 0 Å². The monoisotopic (exact) mass is 258 g/mol. The maximum absolute atomic E-state index is 5.54. The second kappa shape index (κ2) is 12.6. The topological polar surface area (TPSA) is 29.3 Å². The summed E-state index contributed by atoms with van der Waals surface area (Å²) in [5, 5.41) is 0. The molecule has 0 aromatic heterocycles. The average Bonchev–Trinajstić information content (AvgIpc) is 2.11. The first-order valence-corrected chi connectivity index (χ1v) is 5.61. The first kappa shape index (κ1) is 20.9. The van der Waals surface area contributed by atoms with Gasteiger partial charge in [-0.1, -0.05) is 27.7 Å². The Bertz CT molecular complexity index is 117. The van der Waals surface area contributed by atoms with Crippen LogP contribution in [0.2, 0.25) is 0 Å². The van der Waals surface area contributed by atoms with E-state index in [-0.39, 0.29) is 24.8 Å². The molecule has 0 saturated heterocycles. The third-order valence-corrected chi connectivity index (χ3v) is 2.75. The third-order valence-electron chi connectivity index (χ3n) is 2.75. The van der Waals surface area contributed by atoms with E-state index in [1.807, 2.05) is 0 Å². The van der Waals surface area contributed by atoms with Gasteiger partial charge >= 0.3 is 0 Å². The van der Waals surface area contributed by atoms with Crippen LogP contribution in [0.5, 0.6) is 0 Å². The largest absolute Gasteiger partial charge is 0.330 e. The fourth-order valence-corrected chi connectivity index (χ4v) is 1.96. The van der Waals surface area contributed by atoms with Gasteiger partial charge in [-0.25, -0.2) is 0 Å². The molecule has 0 rings (SSSR count). The zero-order chi connectivity index (χ0) is 10.3. The SMILES string of the molecule is CCN(CC)C(CCCN)C(C)C.Cl.Cl. The molecule has 0 spiro atoms. The molecule has 4 heteroatoms. The summed E-state index contributed by atoms with van der Waals surface area (Å²) in [4.78, 5) is 2.54. The van der Waals surface area contributed by atoms with Crippen molar-refractivity contribution in [3.05, 3.63) is 0 Å². The van der Waals surface area contributed by atoms with E-state index in [1.54, 1.807) is 0 Å². The number of nitrogens with zero attached hydrogens (tertiary/aromatic N) is 1. The Balaban J connectivity index is -0.000000720. The molecule has 1 unspecified atom stereocenters. The van der Waals surface area contributed by atoms with Crippen LogP contribution in [0.3, 0.4) is 0 Å². The molecule has 0 saturated carbocycles. The zero-order valence-corrected chi connectivity index (χ0v) is 12.2. The van der Waals surface area contributed by atoms with Crippen LogP contribution < -0.4 is 5.73 Å². The molecule has 0 radical (unpaired) electrons. The number of halogens is 2. The molecular formula is C11H28Cl2N2. The summed E-state index contributed by atoms with van der Waals surface area (Å²) in [5.74, 6) is 0.742. The fourth-order valence-electron chi connectivity index (χ4n) is 1.96. The van der Waals surface area contributed by atoms with E-state index in [9.17, 15) is 0 Å². The van der Waals surface area contributed by atoms with Crippen molar-refractivity contribution >= 4 is 24.8 Å². The van der Waals surface area contributed by atoms with Gasteiger partial charge in [0.15, 0.2) is 0 Å². The standard InChI is InChI=1S/C11H26N2.2ClH/c1-5-13(6-2)11(10(3)4)8-7-9-12;;/h10-11H,5-9,12H2,1-4H3;2*1H. The molecule has 1 atom stereocenters. The number of hydrogen-bond donors (Lipinski definition) is 1. The maximum Gasteiger partial charge on any atom is 0.0118 e. The molecule has 0 aromatic rings. The van der Waals surface area contributed by atoms with E-state index < -0.39 is 0 Å². The summed E-state index contributed by atoms with van der Waals surface area (Å²) < 4.78 is 0. The molecule has 0 aromatic carbocycles. The Labute approximate surface area is 108 Å². The molecule has 0 fully saturated rings. The molecule has 0 bridgehead atoms. The van der Waals surface area contributed by atoms with Gasteiger partial charge in [0.25, 0.3) is 0 Å². The molecule has 0 aliphatic rings. The Morgan fingerprint density at radius 3 is 1.80 bits per heavy atom. The van der Waals surface area contributed by atoms with Crippen molar-refractivity contribution in [3.63, 3.8) is 0 Å². The quantitative estimate of drug-likeness (QED) is 0.761. The number of nitrogens with two attached hydrogens (primary N) is 1. The molecule has 15 heavy (non-hydrogen) atoms. The van der Waals surface area contributed by atoms with E-state index in [4.69, 9.17) is 5.73 Å². The lowest BCUT2D eigenvalue weighted by Gasteiger charge is -2.32. The van der Waals surface area contributed by atoms with Gasteiger partial charge in [0.05, 0.1) is 0 Å². The normalized spacial score (nSPS) is 12.2. The molecule has 0 aliphatic carbocycles.